The van der Waals surface area contributed by atoms with Crippen LogP contribution >= 0.6 is 11.6 Å². The summed E-state index contributed by atoms with van der Waals surface area (Å²) in [5.41, 5.74) is 2.25. The molecule has 0 spiro atoms. The highest BCUT2D eigenvalue weighted by atomic mass is 35.5. The van der Waals surface area contributed by atoms with E-state index in [1.54, 1.807) is 7.11 Å². The Labute approximate surface area is 102 Å². The number of hydrogen-bond donors (Lipinski definition) is 1. The molecule has 1 aliphatic rings. The highest BCUT2D eigenvalue weighted by molar-refractivity contribution is 6.31. The first-order valence-corrected chi connectivity index (χ1v) is 6.07. The molecule has 2 atom stereocenters. The standard InChI is InChI=1S/C13H18ClNO/c1-8-4-12(15-7-8)10-6-11(14)9(2)5-13(10)16-3/h5-6,8,12,15H,4,7H2,1-3H3/t8-,12-/m1/s1. The lowest BCUT2D eigenvalue weighted by atomic mass is 9.99. The van der Waals surface area contributed by atoms with E-state index in [1.807, 2.05) is 19.1 Å². The van der Waals surface area contributed by atoms with Gasteiger partial charge in [0.05, 0.1) is 7.11 Å². The van der Waals surface area contributed by atoms with Gasteiger partial charge in [-0.15, -0.1) is 0 Å². The zero-order valence-electron chi connectivity index (χ0n) is 10.0. The molecule has 0 unspecified atom stereocenters. The zero-order chi connectivity index (χ0) is 11.7. The van der Waals surface area contributed by atoms with E-state index >= 15 is 0 Å². The molecule has 1 heterocycles. The maximum absolute atomic E-state index is 6.17. The molecule has 1 aromatic carbocycles. The van der Waals surface area contributed by atoms with Crippen LogP contribution in [0.4, 0.5) is 0 Å². The number of benzene rings is 1. The molecular formula is C13H18ClNO. The molecule has 2 nitrogen and oxygen atoms in total. The fraction of sp³-hybridized carbons (Fsp3) is 0.538. The van der Waals surface area contributed by atoms with Gasteiger partial charge < -0.3 is 10.1 Å². The highest BCUT2D eigenvalue weighted by Crippen LogP contribution is 2.36. The van der Waals surface area contributed by atoms with Crippen LogP contribution in [0.3, 0.4) is 0 Å². The third kappa shape index (κ3) is 2.18. The first kappa shape index (κ1) is 11.7. The van der Waals surface area contributed by atoms with Gasteiger partial charge in [-0.3, -0.25) is 0 Å². The van der Waals surface area contributed by atoms with E-state index in [0.717, 1.165) is 35.2 Å². The average Bonchev–Trinajstić information content (AvgIpc) is 2.68. The summed E-state index contributed by atoms with van der Waals surface area (Å²) in [6.45, 7) is 5.33. The Bertz CT molecular complexity index is 392. The van der Waals surface area contributed by atoms with E-state index in [-0.39, 0.29) is 0 Å². The maximum Gasteiger partial charge on any atom is 0.124 e. The molecule has 0 aliphatic carbocycles. The van der Waals surface area contributed by atoms with Gasteiger partial charge in [0.25, 0.3) is 0 Å². The van der Waals surface area contributed by atoms with E-state index in [2.05, 4.69) is 12.2 Å². The van der Waals surface area contributed by atoms with Crippen LogP contribution in [0.5, 0.6) is 5.75 Å². The first-order valence-electron chi connectivity index (χ1n) is 5.69. The number of rotatable bonds is 2. The van der Waals surface area contributed by atoms with E-state index < -0.39 is 0 Å². The summed E-state index contributed by atoms with van der Waals surface area (Å²) in [4.78, 5) is 0. The van der Waals surface area contributed by atoms with Gasteiger partial charge in [0, 0.05) is 16.6 Å². The molecule has 2 rings (SSSR count). The molecule has 3 heteroatoms. The molecule has 0 aromatic heterocycles. The monoisotopic (exact) mass is 239 g/mol. The van der Waals surface area contributed by atoms with Crippen molar-refractivity contribution in [3.05, 3.63) is 28.3 Å². The van der Waals surface area contributed by atoms with Crippen molar-refractivity contribution in [2.24, 2.45) is 5.92 Å². The lowest BCUT2D eigenvalue weighted by Gasteiger charge is -2.16. The molecule has 88 valence electrons. The highest BCUT2D eigenvalue weighted by Gasteiger charge is 2.25. The van der Waals surface area contributed by atoms with E-state index in [9.17, 15) is 0 Å². The van der Waals surface area contributed by atoms with Crippen LogP contribution in [0.2, 0.25) is 5.02 Å². The van der Waals surface area contributed by atoms with Crippen molar-refractivity contribution in [2.75, 3.05) is 13.7 Å². The summed E-state index contributed by atoms with van der Waals surface area (Å²) in [5.74, 6) is 1.66. The molecule has 0 radical (unpaired) electrons. The molecule has 0 amide bonds. The van der Waals surface area contributed by atoms with Crippen LogP contribution in [0.1, 0.15) is 30.5 Å². The lowest BCUT2D eigenvalue weighted by molar-refractivity contribution is 0.402. The second kappa shape index (κ2) is 4.64. The predicted octanol–water partition coefficient (Wildman–Crippen LogP) is 3.33. The van der Waals surface area contributed by atoms with Crippen molar-refractivity contribution in [3.8, 4) is 5.75 Å². The lowest BCUT2D eigenvalue weighted by Crippen LogP contribution is -2.14. The van der Waals surface area contributed by atoms with Crippen LogP contribution in [-0.2, 0) is 0 Å². The summed E-state index contributed by atoms with van der Waals surface area (Å²) < 4.78 is 5.43. The molecule has 0 saturated carbocycles. The Morgan fingerprint density at radius 3 is 2.75 bits per heavy atom. The van der Waals surface area contributed by atoms with Crippen LogP contribution in [0.15, 0.2) is 12.1 Å². The van der Waals surface area contributed by atoms with E-state index in [4.69, 9.17) is 16.3 Å². The second-order valence-electron chi connectivity index (χ2n) is 4.65. The summed E-state index contributed by atoms with van der Waals surface area (Å²) in [7, 11) is 1.71. The Morgan fingerprint density at radius 1 is 1.44 bits per heavy atom. The van der Waals surface area contributed by atoms with Crippen LogP contribution < -0.4 is 10.1 Å². The first-order chi connectivity index (χ1) is 7.61. The largest absolute Gasteiger partial charge is 0.496 e. The molecule has 16 heavy (non-hydrogen) atoms. The van der Waals surface area contributed by atoms with Crippen LogP contribution in [0, 0.1) is 12.8 Å². The summed E-state index contributed by atoms with van der Waals surface area (Å²) in [6.07, 6.45) is 1.15. The SMILES string of the molecule is COc1cc(C)c(Cl)cc1[C@H]1C[C@@H](C)CN1. The van der Waals surface area contributed by atoms with Crippen molar-refractivity contribution in [3.63, 3.8) is 0 Å². The summed E-state index contributed by atoms with van der Waals surface area (Å²) in [6, 6.07) is 4.43. The molecular weight excluding hydrogens is 222 g/mol. The van der Waals surface area contributed by atoms with Crippen molar-refractivity contribution >= 4 is 11.6 Å². The maximum atomic E-state index is 6.17. The third-order valence-corrected chi connectivity index (χ3v) is 3.64. The van der Waals surface area contributed by atoms with Gasteiger partial charge in [-0.1, -0.05) is 18.5 Å². The molecule has 0 bridgehead atoms. The van der Waals surface area contributed by atoms with Crippen LogP contribution in [0.25, 0.3) is 0 Å². The normalized spacial score (nSPS) is 24.8. The van der Waals surface area contributed by atoms with Gasteiger partial charge in [-0.2, -0.15) is 0 Å². The summed E-state index contributed by atoms with van der Waals surface area (Å²) in [5, 5.41) is 4.32. The quantitative estimate of drug-likeness (QED) is 0.855. The van der Waals surface area contributed by atoms with Crippen molar-refractivity contribution in [1.82, 2.24) is 5.32 Å². The fourth-order valence-electron chi connectivity index (χ4n) is 2.27. The molecule has 1 fully saturated rings. The van der Waals surface area contributed by atoms with Crippen molar-refractivity contribution in [2.45, 2.75) is 26.3 Å². The minimum Gasteiger partial charge on any atom is -0.496 e. The van der Waals surface area contributed by atoms with Gasteiger partial charge in [-0.25, -0.2) is 0 Å². The number of hydrogen-bond acceptors (Lipinski definition) is 2. The van der Waals surface area contributed by atoms with Gasteiger partial charge in [0.15, 0.2) is 0 Å². The molecule has 1 N–H and O–H groups in total. The topological polar surface area (TPSA) is 21.3 Å². The Hall–Kier alpha value is -0.730. The number of methoxy groups -OCH3 is 1. The minimum atomic E-state index is 0.378. The zero-order valence-corrected chi connectivity index (χ0v) is 10.8. The fourth-order valence-corrected chi connectivity index (χ4v) is 2.44. The number of nitrogens with one attached hydrogen (secondary N) is 1. The predicted molar refractivity (Wildman–Crippen MR) is 67.3 cm³/mol. The van der Waals surface area contributed by atoms with Crippen LogP contribution in [-0.4, -0.2) is 13.7 Å². The number of ether oxygens (including phenoxy) is 1. The minimum absolute atomic E-state index is 0.378. The molecule has 1 aliphatic heterocycles. The Morgan fingerprint density at radius 2 is 2.19 bits per heavy atom. The van der Waals surface area contributed by atoms with Gasteiger partial charge in [0.2, 0.25) is 0 Å². The van der Waals surface area contributed by atoms with E-state index in [0.29, 0.717) is 6.04 Å². The smallest absolute Gasteiger partial charge is 0.124 e. The number of halogens is 1. The van der Waals surface area contributed by atoms with Gasteiger partial charge >= 0.3 is 0 Å². The number of aryl methyl sites for hydroxylation is 1. The van der Waals surface area contributed by atoms with Gasteiger partial charge in [0.1, 0.15) is 5.75 Å². The van der Waals surface area contributed by atoms with Crippen molar-refractivity contribution < 1.29 is 4.74 Å². The Balaban J connectivity index is 2.35. The Kier molecular flexibility index (Phi) is 3.41. The summed E-state index contributed by atoms with van der Waals surface area (Å²) >= 11 is 6.17. The third-order valence-electron chi connectivity index (χ3n) is 3.24. The second-order valence-corrected chi connectivity index (χ2v) is 5.05. The molecule has 1 aromatic rings. The molecule has 1 saturated heterocycles. The average molecular weight is 240 g/mol. The van der Waals surface area contributed by atoms with Crippen molar-refractivity contribution in [1.29, 1.82) is 0 Å². The van der Waals surface area contributed by atoms with E-state index in [1.165, 1.54) is 5.56 Å². The van der Waals surface area contributed by atoms with Gasteiger partial charge in [-0.05, 0) is 43.5 Å².